The Balaban J connectivity index is 0.00000225. The zero-order valence-corrected chi connectivity index (χ0v) is 14.9. The fraction of sp³-hybridized carbons (Fsp3) is 0.600. The van der Waals surface area contributed by atoms with E-state index < -0.39 is 22.1 Å². The van der Waals surface area contributed by atoms with E-state index in [1.165, 1.54) is 0 Å². The van der Waals surface area contributed by atoms with Crippen molar-refractivity contribution in [3.63, 3.8) is 0 Å². The van der Waals surface area contributed by atoms with E-state index in [0.717, 1.165) is 57.0 Å². The first-order chi connectivity index (χ1) is 11.1. The Kier molecular flexibility index (Phi) is 5.63. The van der Waals surface area contributed by atoms with Crippen LogP contribution in [0.1, 0.15) is 37.2 Å². The normalized spacial score (nSPS) is 20.6. The number of primary sulfonamides is 1. The van der Waals surface area contributed by atoms with Crippen molar-refractivity contribution in [2.45, 2.75) is 42.9 Å². The van der Waals surface area contributed by atoms with E-state index >= 15 is 0 Å². The molecule has 10 heteroatoms. The van der Waals surface area contributed by atoms with E-state index in [-0.39, 0.29) is 28.6 Å². The summed E-state index contributed by atoms with van der Waals surface area (Å²) in [5, 5.41) is 8.49. The van der Waals surface area contributed by atoms with Gasteiger partial charge in [-0.25, -0.2) is 13.6 Å². The Morgan fingerprint density at radius 2 is 1.80 bits per heavy atom. The second-order valence-corrected chi connectivity index (χ2v) is 8.18. The van der Waals surface area contributed by atoms with Gasteiger partial charge in [-0.2, -0.15) is 0 Å². The third-order valence-corrected chi connectivity index (χ3v) is 5.97. The lowest BCUT2D eigenvalue weighted by Gasteiger charge is -2.51. The van der Waals surface area contributed by atoms with Crippen LogP contribution in [-0.2, 0) is 10.0 Å². The maximum absolute atomic E-state index is 12.4. The van der Waals surface area contributed by atoms with E-state index in [2.05, 4.69) is 10.1 Å². The number of nitrogens with two attached hydrogens (primary N) is 1. The summed E-state index contributed by atoms with van der Waals surface area (Å²) in [5.74, 6) is -0.538. The predicted molar refractivity (Wildman–Crippen MR) is 88.3 cm³/mol. The molecule has 1 aliphatic carbocycles. The molecule has 0 aromatic heterocycles. The summed E-state index contributed by atoms with van der Waals surface area (Å²) in [7, 11) is -4.01. The molecule has 25 heavy (non-hydrogen) atoms. The molecule has 1 aliphatic heterocycles. The molecule has 1 aromatic rings. The molecule has 1 saturated heterocycles. The summed E-state index contributed by atoms with van der Waals surface area (Å²) in [6.07, 6.45) is -1.32. The van der Waals surface area contributed by atoms with Gasteiger partial charge in [-0.05, 0) is 73.9 Å². The topological polar surface area (TPSA) is 81.4 Å². The average Bonchev–Trinajstić information content (AvgIpc) is 2.42. The van der Waals surface area contributed by atoms with E-state index in [4.69, 9.17) is 5.14 Å². The zero-order chi connectivity index (χ0) is 17.6. The maximum Gasteiger partial charge on any atom is 0.573 e. The lowest BCUT2D eigenvalue weighted by Crippen LogP contribution is -2.44. The number of hydrogen-bond acceptors (Lipinski definition) is 4. The fourth-order valence-corrected chi connectivity index (χ4v) is 4.68. The largest absolute Gasteiger partial charge is 0.573 e. The van der Waals surface area contributed by atoms with Crippen molar-refractivity contribution >= 4 is 22.4 Å². The Morgan fingerprint density at radius 3 is 2.32 bits per heavy atom. The van der Waals surface area contributed by atoms with Gasteiger partial charge >= 0.3 is 6.36 Å². The van der Waals surface area contributed by atoms with Gasteiger partial charge in [0.1, 0.15) is 5.75 Å². The Hall–Kier alpha value is -1.03. The van der Waals surface area contributed by atoms with Crippen LogP contribution in [0.2, 0.25) is 0 Å². The summed E-state index contributed by atoms with van der Waals surface area (Å²) < 4.78 is 64.7. The summed E-state index contributed by atoms with van der Waals surface area (Å²) in [6, 6.07) is 3.24. The highest BCUT2D eigenvalue weighted by atomic mass is 35.5. The molecular weight excluding hydrogens is 381 g/mol. The van der Waals surface area contributed by atoms with Crippen LogP contribution >= 0.6 is 12.4 Å². The lowest BCUT2D eigenvalue weighted by molar-refractivity contribution is -0.274. The second-order valence-electron chi connectivity index (χ2n) is 6.65. The van der Waals surface area contributed by atoms with Crippen LogP contribution in [0.5, 0.6) is 5.75 Å². The van der Waals surface area contributed by atoms with Gasteiger partial charge in [-0.1, -0.05) is 0 Å². The van der Waals surface area contributed by atoms with Crippen molar-refractivity contribution in [2.24, 2.45) is 10.6 Å². The highest BCUT2D eigenvalue weighted by Gasteiger charge is 2.46. The third-order valence-electron chi connectivity index (χ3n) is 4.98. The number of benzene rings is 1. The number of ether oxygens (including phenoxy) is 1. The number of alkyl halides is 3. The van der Waals surface area contributed by atoms with Crippen LogP contribution in [0.4, 0.5) is 13.2 Å². The summed E-state index contributed by atoms with van der Waals surface area (Å²) >= 11 is 0. The van der Waals surface area contributed by atoms with Crippen molar-refractivity contribution in [1.82, 2.24) is 5.32 Å². The quantitative estimate of drug-likeness (QED) is 0.817. The molecule has 3 N–H and O–H groups in total. The van der Waals surface area contributed by atoms with Crippen LogP contribution in [0.3, 0.4) is 0 Å². The molecule has 2 fully saturated rings. The highest BCUT2D eigenvalue weighted by Crippen LogP contribution is 2.57. The molecule has 0 unspecified atom stereocenters. The predicted octanol–water partition coefficient (Wildman–Crippen LogP) is 2.90. The molecule has 3 rings (SSSR count). The summed E-state index contributed by atoms with van der Waals surface area (Å²) in [5.41, 5.74) is 0.482. The van der Waals surface area contributed by atoms with Gasteiger partial charge < -0.3 is 10.1 Å². The standard InChI is InChI=1S/C15H19F3N2O3S.ClH/c16-15(17,18)23-11-1-2-13(24(19,21)22)12(7-11)10-8-14(9-10)3-5-20-6-4-14;/h1-2,7,10,20H,3-6,8-9H2,(H2,19,21,22);1H. The number of halogens is 4. The van der Waals surface area contributed by atoms with E-state index in [0.29, 0.717) is 5.56 Å². The molecular formula is C15H20ClF3N2O3S. The van der Waals surface area contributed by atoms with Crippen LogP contribution in [0.15, 0.2) is 23.1 Å². The lowest BCUT2D eigenvalue weighted by atomic mass is 9.56. The molecule has 1 saturated carbocycles. The molecule has 1 heterocycles. The second kappa shape index (κ2) is 6.94. The van der Waals surface area contributed by atoms with Crippen molar-refractivity contribution in [1.29, 1.82) is 0 Å². The van der Waals surface area contributed by atoms with Crippen molar-refractivity contribution < 1.29 is 26.3 Å². The first-order valence-electron chi connectivity index (χ1n) is 7.71. The Labute approximate surface area is 150 Å². The van der Waals surface area contributed by atoms with E-state index in [1.807, 2.05) is 0 Å². The van der Waals surface area contributed by atoms with Gasteiger partial charge in [0.15, 0.2) is 0 Å². The van der Waals surface area contributed by atoms with Crippen LogP contribution in [-0.4, -0.2) is 27.9 Å². The van der Waals surface area contributed by atoms with Gasteiger partial charge in [-0.15, -0.1) is 25.6 Å². The number of nitrogens with one attached hydrogen (secondary N) is 1. The average molecular weight is 401 g/mol. The highest BCUT2D eigenvalue weighted by molar-refractivity contribution is 7.89. The van der Waals surface area contributed by atoms with Crippen molar-refractivity contribution in [3.05, 3.63) is 23.8 Å². The first kappa shape index (κ1) is 20.3. The number of rotatable bonds is 3. The minimum Gasteiger partial charge on any atom is -0.406 e. The Bertz CT molecular complexity index is 726. The van der Waals surface area contributed by atoms with Gasteiger partial charge in [0.25, 0.3) is 0 Å². The minimum atomic E-state index is -4.82. The zero-order valence-electron chi connectivity index (χ0n) is 13.3. The van der Waals surface area contributed by atoms with Gasteiger partial charge in [0, 0.05) is 0 Å². The molecule has 0 atom stereocenters. The summed E-state index contributed by atoms with van der Waals surface area (Å²) in [6.45, 7) is 1.82. The summed E-state index contributed by atoms with van der Waals surface area (Å²) in [4.78, 5) is -0.120. The van der Waals surface area contributed by atoms with Crippen LogP contribution < -0.4 is 15.2 Å². The third kappa shape index (κ3) is 4.58. The maximum atomic E-state index is 12.4. The smallest absolute Gasteiger partial charge is 0.406 e. The Morgan fingerprint density at radius 1 is 1.20 bits per heavy atom. The van der Waals surface area contributed by atoms with Crippen LogP contribution in [0, 0.1) is 5.41 Å². The SMILES string of the molecule is Cl.NS(=O)(=O)c1ccc(OC(F)(F)F)cc1C1CC2(CCNCC2)C1. The molecule has 142 valence electrons. The van der Waals surface area contributed by atoms with Gasteiger partial charge in [-0.3, -0.25) is 0 Å². The van der Waals surface area contributed by atoms with Crippen molar-refractivity contribution in [2.75, 3.05) is 13.1 Å². The molecule has 0 radical (unpaired) electrons. The van der Waals surface area contributed by atoms with Crippen molar-refractivity contribution in [3.8, 4) is 5.75 Å². The molecule has 1 spiro atoms. The van der Waals surface area contributed by atoms with E-state index in [9.17, 15) is 21.6 Å². The monoisotopic (exact) mass is 400 g/mol. The fourth-order valence-electron chi connectivity index (χ4n) is 3.87. The number of piperidine rings is 1. The first-order valence-corrected chi connectivity index (χ1v) is 9.26. The molecule has 2 aliphatic rings. The van der Waals surface area contributed by atoms with E-state index in [1.54, 1.807) is 0 Å². The van der Waals surface area contributed by atoms with Gasteiger partial charge in [0.05, 0.1) is 4.90 Å². The van der Waals surface area contributed by atoms with Gasteiger partial charge in [0.2, 0.25) is 10.0 Å². The molecule has 5 nitrogen and oxygen atoms in total. The van der Waals surface area contributed by atoms with Crippen LogP contribution in [0.25, 0.3) is 0 Å². The molecule has 0 amide bonds. The minimum absolute atomic E-state index is 0. The number of sulfonamides is 1. The number of hydrogen-bond donors (Lipinski definition) is 2. The molecule has 1 aromatic carbocycles. The molecule has 0 bridgehead atoms.